The van der Waals surface area contributed by atoms with E-state index in [1.807, 2.05) is 18.2 Å². The molecule has 2 aromatic carbocycles. The average molecular weight is 285 g/mol. The predicted octanol–water partition coefficient (Wildman–Crippen LogP) is 2.98. The molecule has 2 aromatic rings. The highest BCUT2D eigenvalue weighted by Gasteiger charge is 1.95. The molecule has 2 N–H and O–H groups in total. The van der Waals surface area contributed by atoms with Crippen LogP contribution in [0.15, 0.2) is 54.6 Å². The molecule has 0 bridgehead atoms. The topological polar surface area (TPSA) is 60.2 Å². The first-order chi connectivity index (χ1) is 8.90. The molecule has 0 aliphatic rings. The van der Waals surface area contributed by atoms with Crippen LogP contribution in [0.1, 0.15) is 5.56 Å². The van der Waals surface area contributed by atoms with Gasteiger partial charge >= 0.3 is 10.6 Å². The standard InChI is InChI=1S/C13H13N.F2O2S/c14-10-11-6-8-13(9-7-11)12-4-2-1-3-5-12;1-5(2,3)4/h1-9H,10,14H2;. The maximum atomic E-state index is 9.99. The van der Waals surface area contributed by atoms with Gasteiger partial charge in [0, 0.05) is 6.54 Å². The fourth-order valence-electron chi connectivity index (χ4n) is 1.46. The lowest BCUT2D eigenvalue weighted by atomic mass is 10.0. The van der Waals surface area contributed by atoms with Gasteiger partial charge in [0.1, 0.15) is 0 Å². The Morgan fingerprint density at radius 1 is 0.842 bits per heavy atom. The third-order valence-electron chi connectivity index (χ3n) is 2.30. The number of hydrogen-bond acceptors (Lipinski definition) is 3. The Bertz CT molecular complexity index is 590. The van der Waals surface area contributed by atoms with E-state index < -0.39 is 10.6 Å². The van der Waals surface area contributed by atoms with Crippen molar-refractivity contribution in [1.29, 1.82) is 0 Å². The summed E-state index contributed by atoms with van der Waals surface area (Å²) in [5.41, 5.74) is 9.19. The lowest BCUT2D eigenvalue weighted by molar-refractivity contribution is 0.501. The second-order valence-corrected chi connectivity index (χ2v) is 4.40. The molecule has 6 heteroatoms. The van der Waals surface area contributed by atoms with Crippen LogP contribution in [0.25, 0.3) is 11.1 Å². The predicted molar refractivity (Wildman–Crippen MR) is 70.9 cm³/mol. The fourth-order valence-corrected chi connectivity index (χ4v) is 1.46. The molecule has 3 nitrogen and oxygen atoms in total. The van der Waals surface area contributed by atoms with Crippen molar-refractivity contribution >= 4 is 10.6 Å². The number of hydrogen-bond donors (Lipinski definition) is 1. The van der Waals surface area contributed by atoms with E-state index >= 15 is 0 Å². The first-order valence-electron chi connectivity index (χ1n) is 5.39. The monoisotopic (exact) mass is 285 g/mol. The summed E-state index contributed by atoms with van der Waals surface area (Å²) in [5, 5.41) is 0. The molecule has 0 saturated heterocycles. The highest BCUT2D eigenvalue weighted by Crippen LogP contribution is 2.18. The van der Waals surface area contributed by atoms with Crippen LogP contribution in [0.3, 0.4) is 0 Å². The van der Waals surface area contributed by atoms with E-state index in [1.165, 1.54) is 16.7 Å². The summed E-state index contributed by atoms with van der Waals surface area (Å²) in [6.45, 7) is 0.606. The zero-order valence-corrected chi connectivity index (χ0v) is 10.8. The first-order valence-corrected chi connectivity index (χ1v) is 6.67. The number of nitrogens with two attached hydrogens (primary N) is 1. The molecule has 0 radical (unpaired) electrons. The van der Waals surface area contributed by atoms with Gasteiger partial charge in [0.25, 0.3) is 0 Å². The van der Waals surface area contributed by atoms with Crippen LogP contribution < -0.4 is 5.73 Å². The average Bonchev–Trinajstić information content (AvgIpc) is 2.38. The minimum atomic E-state index is -5.67. The van der Waals surface area contributed by atoms with Gasteiger partial charge in [-0.1, -0.05) is 62.4 Å². The summed E-state index contributed by atoms with van der Waals surface area (Å²) in [7, 11) is -5.67. The maximum Gasteiger partial charge on any atom is 0.476 e. The van der Waals surface area contributed by atoms with E-state index in [2.05, 4.69) is 36.4 Å². The molecule has 102 valence electrons. The quantitative estimate of drug-likeness (QED) is 0.863. The number of rotatable bonds is 2. The van der Waals surface area contributed by atoms with Crippen molar-refractivity contribution in [2.45, 2.75) is 6.54 Å². The highest BCUT2D eigenvalue weighted by atomic mass is 32.3. The molecule has 0 unspecified atom stereocenters. The third-order valence-corrected chi connectivity index (χ3v) is 2.30. The van der Waals surface area contributed by atoms with Crippen molar-refractivity contribution in [3.63, 3.8) is 0 Å². The van der Waals surface area contributed by atoms with Gasteiger partial charge in [-0.05, 0) is 16.7 Å². The van der Waals surface area contributed by atoms with Gasteiger partial charge in [0.05, 0.1) is 0 Å². The molecule has 0 atom stereocenters. The largest absolute Gasteiger partial charge is 0.476 e. The van der Waals surface area contributed by atoms with Gasteiger partial charge in [-0.25, -0.2) is 0 Å². The van der Waals surface area contributed by atoms with Crippen LogP contribution in [0.2, 0.25) is 0 Å². The Kier molecular flexibility index (Phi) is 5.59. The molecule has 0 spiro atoms. The van der Waals surface area contributed by atoms with Gasteiger partial charge in [-0.15, -0.1) is 0 Å². The summed E-state index contributed by atoms with van der Waals surface area (Å²) in [4.78, 5) is 0. The zero-order valence-electron chi connectivity index (χ0n) is 9.96. The molecular weight excluding hydrogens is 272 g/mol. The van der Waals surface area contributed by atoms with E-state index in [0.29, 0.717) is 6.54 Å². The Hall–Kier alpha value is -1.79. The Labute approximate surface area is 111 Å². The SMILES string of the molecule is NCc1ccc(-c2ccccc2)cc1.O=S(=O)(F)F. The minimum Gasteiger partial charge on any atom is -0.326 e. The van der Waals surface area contributed by atoms with E-state index in [-0.39, 0.29) is 0 Å². The third kappa shape index (κ3) is 6.64. The summed E-state index contributed by atoms with van der Waals surface area (Å²) >= 11 is 0. The molecule has 0 aromatic heterocycles. The normalized spacial score (nSPS) is 10.5. The van der Waals surface area contributed by atoms with Crippen molar-refractivity contribution in [2.75, 3.05) is 0 Å². The Morgan fingerprint density at radius 2 is 1.26 bits per heavy atom. The zero-order chi connectivity index (χ0) is 14.3. The van der Waals surface area contributed by atoms with Gasteiger partial charge in [0.2, 0.25) is 0 Å². The van der Waals surface area contributed by atoms with Gasteiger partial charge < -0.3 is 5.73 Å². The lowest BCUT2D eigenvalue weighted by Gasteiger charge is -2.02. The molecular formula is C13H13F2NO2S. The van der Waals surface area contributed by atoms with Gasteiger partial charge in [-0.2, -0.15) is 8.42 Å². The van der Waals surface area contributed by atoms with Crippen LogP contribution in [0.4, 0.5) is 7.77 Å². The Balaban J connectivity index is 0.000000312. The summed E-state index contributed by atoms with van der Waals surface area (Å²) in [5.74, 6) is 0. The fraction of sp³-hybridized carbons (Fsp3) is 0.0769. The molecule has 0 fully saturated rings. The molecule has 0 aliphatic heterocycles. The molecule has 0 aliphatic carbocycles. The summed E-state index contributed by atoms with van der Waals surface area (Å²) in [6, 6.07) is 18.7. The Morgan fingerprint density at radius 3 is 1.68 bits per heavy atom. The van der Waals surface area contributed by atoms with Crippen LogP contribution in [0, 0.1) is 0 Å². The van der Waals surface area contributed by atoms with Gasteiger partial charge in [0.15, 0.2) is 0 Å². The van der Waals surface area contributed by atoms with E-state index in [4.69, 9.17) is 14.2 Å². The number of benzene rings is 2. The van der Waals surface area contributed by atoms with E-state index in [0.717, 1.165) is 0 Å². The summed E-state index contributed by atoms with van der Waals surface area (Å²) in [6.07, 6.45) is 0. The smallest absolute Gasteiger partial charge is 0.326 e. The lowest BCUT2D eigenvalue weighted by Crippen LogP contribution is -1.95. The van der Waals surface area contributed by atoms with Crippen molar-refractivity contribution in [2.24, 2.45) is 5.73 Å². The molecule has 0 amide bonds. The van der Waals surface area contributed by atoms with Crippen LogP contribution >= 0.6 is 0 Å². The van der Waals surface area contributed by atoms with E-state index in [9.17, 15) is 7.77 Å². The number of halogens is 2. The maximum absolute atomic E-state index is 9.99. The van der Waals surface area contributed by atoms with Crippen LogP contribution in [-0.4, -0.2) is 8.42 Å². The molecule has 2 rings (SSSR count). The minimum absolute atomic E-state index is 0.606. The first kappa shape index (κ1) is 15.3. The molecule has 0 saturated carbocycles. The molecule has 0 heterocycles. The highest BCUT2D eigenvalue weighted by molar-refractivity contribution is 7.81. The van der Waals surface area contributed by atoms with Crippen LogP contribution in [-0.2, 0) is 17.2 Å². The second-order valence-electron chi connectivity index (χ2n) is 3.65. The van der Waals surface area contributed by atoms with Gasteiger partial charge in [-0.3, -0.25) is 0 Å². The van der Waals surface area contributed by atoms with E-state index in [1.54, 1.807) is 0 Å². The van der Waals surface area contributed by atoms with Crippen molar-refractivity contribution in [1.82, 2.24) is 0 Å². The van der Waals surface area contributed by atoms with Crippen LogP contribution in [0.5, 0.6) is 0 Å². The van der Waals surface area contributed by atoms with Crippen molar-refractivity contribution in [3.05, 3.63) is 60.2 Å². The molecule has 19 heavy (non-hydrogen) atoms. The van der Waals surface area contributed by atoms with Crippen molar-refractivity contribution in [3.8, 4) is 11.1 Å². The second kappa shape index (κ2) is 6.96. The summed E-state index contributed by atoms with van der Waals surface area (Å²) < 4.78 is 36.6. The van der Waals surface area contributed by atoms with Crippen molar-refractivity contribution < 1.29 is 16.2 Å².